The van der Waals surface area contributed by atoms with Crippen molar-refractivity contribution in [1.29, 1.82) is 0 Å². The van der Waals surface area contributed by atoms with E-state index in [1.165, 1.54) is 0 Å². The standard InChI is InChI=1S/C16H24N2O4S/c1-11-6-8-21-16(11)10-23(19,20)18-7-2-3-14(18)13-9-15(22-17-13)12-4-5-12/h9,11-12,14,16H,2-8,10H2,1H3/t11-,14?,16-/m1/s1. The molecule has 23 heavy (non-hydrogen) atoms. The predicted molar refractivity (Wildman–Crippen MR) is 84.5 cm³/mol. The first-order valence-electron chi connectivity index (χ1n) is 8.62. The Morgan fingerprint density at radius 1 is 1.30 bits per heavy atom. The molecule has 1 aliphatic carbocycles. The van der Waals surface area contributed by atoms with Crippen LogP contribution in [0.3, 0.4) is 0 Å². The van der Waals surface area contributed by atoms with Crippen LogP contribution in [0.2, 0.25) is 0 Å². The molecule has 0 spiro atoms. The molecule has 6 nitrogen and oxygen atoms in total. The van der Waals surface area contributed by atoms with Crippen molar-refractivity contribution in [2.45, 2.75) is 57.1 Å². The molecular formula is C16H24N2O4S. The maximum Gasteiger partial charge on any atom is 0.217 e. The Labute approximate surface area is 137 Å². The van der Waals surface area contributed by atoms with Crippen molar-refractivity contribution in [2.75, 3.05) is 18.9 Å². The Balaban J connectivity index is 1.51. The molecule has 0 aromatic carbocycles. The Bertz CT molecular complexity index is 667. The van der Waals surface area contributed by atoms with Gasteiger partial charge in [0.15, 0.2) is 0 Å². The topological polar surface area (TPSA) is 72.6 Å². The zero-order valence-electron chi connectivity index (χ0n) is 13.5. The van der Waals surface area contributed by atoms with Crippen molar-refractivity contribution in [3.63, 3.8) is 0 Å². The maximum absolute atomic E-state index is 12.9. The van der Waals surface area contributed by atoms with E-state index in [0.29, 0.717) is 25.0 Å². The van der Waals surface area contributed by atoms with E-state index >= 15 is 0 Å². The minimum atomic E-state index is -3.34. The smallest absolute Gasteiger partial charge is 0.217 e. The molecule has 2 saturated heterocycles. The van der Waals surface area contributed by atoms with Crippen molar-refractivity contribution in [3.8, 4) is 0 Å². The van der Waals surface area contributed by atoms with E-state index in [9.17, 15) is 8.42 Å². The summed E-state index contributed by atoms with van der Waals surface area (Å²) in [5.74, 6) is 1.80. The van der Waals surface area contributed by atoms with E-state index in [2.05, 4.69) is 12.1 Å². The average Bonchev–Trinajstić information content (AvgIpc) is 2.92. The summed E-state index contributed by atoms with van der Waals surface area (Å²) in [5.41, 5.74) is 0.772. The van der Waals surface area contributed by atoms with Crippen LogP contribution in [0.1, 0.15) is 62.4 Å². The summed E-state index contributed by atoms with van der Waals surface area (Å²) in [4.78, 5) is 0. The average molecular weight is 340 g/mol. The van der Waals surface area contributed by atoms with Crippen LogP contribution < -0.4 is 0 Å². The first kappa shape index (κ1) is 15.6. The third-order valence-corrected chi connectivity index (χ3v) is 7.24. The van der Waals surface area contributed by atoms with Crippen molar-refractivity contribution >= 4 is 10.0 Å². The van der Waals surface area contributed by atoms with Crippen LogP contribution in [0, 0.1) is 5.92 Å². The molecule has 0 N–H and O–H groups in total. The third-order valence-electron chi connectivity index (χ3n) is 5.34. The second-order valence-corrected chi connectivity index (χ2v) is 9.12. The predicted octanol–water partition coefficient (Wildman–Crippen LogP) is 2.44. The lowest BCUT2D eigenvalue weighted by Crippen LogP contribution is -2.37. The van der Waals surface area contributed by atoms with Crippen molar-refractivity contribution < 1.29 is 17.7 Å². The molecule has 4 rings (SSSR count). The second kappa shape index (κ2) is 5.86. The molecule has 0 amide bonds. The van der Waals surface area contributed by atoms with Crippen molar-refractivity contribution in [1.82, 2.24) is 9.46 Å². The van der Waals surface area contributed by atoms with Gasteiger partial charge in [-0.1, -0.05) is 12.1 Å². The normalized spacial score (nSPS) is 32.7. The van der Waals surface area contributed by atoms with Gasteiger partial charge in [0.1, 0.15) is 11.5 Å². The molecule has 3 atom stereocenters. The van der Waals surface area contributed by atoms with Gasteiger partial charge < -0.3 is 9.26 Å². The summed E-state index contributed by atoms with van der Waals surface area (Å²) in [5, 5.41) is 4.16. The van der Waals surface area contributed by atoms with Gasteiger partial charge in [0, 0.05) is 25.1 Å². The molecule has 1 unspecified atom stereocenters. The van der Waals surface area contributed by atoms with Crippen molar-refractivity contribution in [2.24, 2.45) is 5.92 Å². The van der Waals surface area contributed by atoms with Crippen LogP contribution in [0.15, 0.2) is 10.6 Å². The lowest BCUT2D eigenvalue weighted by atomic mass is 10.1. The van der Waals surface area contributed by atoms with Gasteiger partial charge in [-0.2, -0.15) is 4.31 Å². The van der Waals surface area contributed by atoms with Gasteiger partial charge in [0.05, 0.1) is 17.9 Å². The van der Waals surface area contributed by atoms with Gasteiger partial charge in [-0.15, -0.1) is 0 Å². The number of hydrogen-bond donors (Lipinski definition) is 0. The van der Waals surface area contributed by atoms with Crippen LogP contribution in [-0.4, -0.2) is 42.9 Å². The lowest BCUT2D eigenvalue weighted by molar-refractivity contribution is 0.110. The van der Waals surface area contributed by atoms with E-state index in [0.717, 1.165) is 43.6 Å². The third kappa shape index (κ3) is 3.06. The molecule has 1 aromatic heterocycles. The largest absolute Gasteiger partial charge is 0.377 e. The van der Waals surface area contributed by atoms with Crippen molar-refractivity contribution in [3.05, 3.63) is 17.5 Å². The zero-order chi connectivity index (χ0) is 16.0. The number of aromatic nitrogens is 1. The summed E-state index contributed by atoms with van der Waals surface area (Å²) in [6.07, 6.45) is 4.75. The highest BCUT2D eigenvalue weighted by molar-refractivity contribution is 7.89. The highest BCUT2D eigenvalue weighted by Crippen LogP contribution is 2.42. The SMILES string of the molecule is C[C@@H]1CCO[C@@H]1CS(=O)(=O)N1CCCC1c1cc(C2CC2)on1. The van der Waals surface area contributed by atoms with E-state index < -0.39 is 10.0 Å². The molecule has 3 heterocycles. The maximum atomic E-state index is 12.9. The minimum Gasteiger partial charge on any atom is -0.377 e. The Morgan fingerprint density at radius 3 is 2.83 bits per heavy atom. The fourth-order valence-electron chi connectivity index (χ4n) is 3.66. The molecule has 1 saturated carbocycles. The van der Waals surface area contributed by atoms with Crippen LogP contribution in [0.4, 0.5) is 0 Å². The van der Waals surface area contributed by atoms with Gasteiger partial charge in [-0.25, -0.2) is 8.42 Å². The van der Waals surface area contributed by atoms with Gasteiger partial charge in [-0.05, 0) is 38.0 Å². The molecule has 128 valence electrons. The molecule has 1 aromatic rings. The summed E-state index contributed by atoms with van der Waals surface area (Å²) < 4.78 is 38.4. The van der Waals surface area contributed by atoms with E-state index in [4.69, 9.17) is 9.26 Å². The molecule has 3 aliphatic rings. The summed E-state index contributed by atoms with van der Waals surface area (Å²) in [6.45, 7) is 3.30. The van der Waals surface area contributed by atoms with Crippen LogP contribution in [0.25, 0.3) is 0 Å². The first-order valence-corrected chi connectivity index (χ1v) is 10.2. The number of rotatable bonds is 5. The number of ether oxygens (including phenoxy) is 1. The Morgan fingerprint density at radius 2 is 2.13 bits per heavy atom. The van der Waals surface area contributed by atoms with Gasteiger partial charge >= 0.3 is 0 Å². The fraction of sp³-hybridized carbons (Fsp3) is 0.812. The quantitative estimate of drug-likeness (QED) is 0.823. The van der Waals surface area contributed by atoms with E-state index in [1.54, 1.807) is 4.31 Å². The van der Waals surface area contributed by atoms with Gasteiger partial charge in [-0.3, -0.25) is 0 Å². The number of sulfonamides is 1. The molecule has 2 aliphatic heterocycles. The van der Waals surface area contributed by atoms with E-state index in [1.807, 2.05) is 6.07 Å². The van der Waals surface area contributed by atoms with Crippen LogP contribution in [0.5, 0.6) is 0 Å². The monoisotopic (exact) mass is 340 g/mol. The molecule has 0 bridgehead atoms. The van der Waals surface area contributed by atoms with Gasteiger partial charge in [0.25, 0.3) is 0 Å². The zero-order valence-corrected chi connectivity index (χ0v) is 14.3. The fourth-order valence-corrected chi connectivity index (χ4v) is 5.70. The van der Waals surface area contributed by atoms with Crippen LogP contribution in [-0.2, 0) is 14.8 Å². The van der Waals surface area contributed by atoms with E-state index in [-0.39, 0.29) is 17.9 Å². The summed E-state index contributed by atoms with van der Waals surface area (Å²) in [6, 6.07) is 1.79. The Kier molecular flexibility index (Phi) is 3.98. The highest BCUT2D eigenvalue weighted by atomic mass is 32.2. The minimum absolute atomic E-state index is 0.0813. The molecule has 7 heteroatoms. The molecular weight excluding hydrogens is 316 g/mol. The highest BCUT2D eigenvalue weighted by Gasteiger charge is 2.40. The second-order valence-electron chi connectivity index (χ2n) is 7.15. The number of nitrogens with zero attached hydrogens (tertiary/aromatic N) is 2. The summed E-state index contributed by atoms with van der Waals surface area (Å²) in [7, 11) is -3.34. The molecule has 3 fully saturated rings. The van der Waals surface area contributed by atoms with Crippen LogP contribution >= 0.6 is 0 Å². The van der Waals surface area contributed by atoms with Gasteiger partial charge in [0.2, 0.25) is 10.0 Å². The Hall–Kier alpha value is -0.920. The first-order chi connectivity index (χ1) is 11.0. The molecule has 0 radical (unpaired) electrons. The lowest BCUT2D eigenvalue weighted by Gasteiger charge is -2.25. The summed E-state index contributed by atoms with van der Waals surface area (Å²) >= 11 is 0. The number of hydrogen-bond acceptors (Lipinski definition) is 5.